The lowest BCUT2D eigenvalue weighted by atomic mass is 9.61. The van der Waals surface area contributed by atoms with Gasteiger partial charge in [-0.3, -0.25) is 14.5 Å². The second-order valence-electron chi connectivity index (χ2n) is 13.4. The van der Waals surface area contributed by atoms with Crippen molar-refractivity contribution in [1.29, 1.82) is 0 Å². The number of carbonyl (C=O) groups is 2. The first-order chi connectivity index (χ1) is 20.7. The van der Waals surface area contributed by atoms with Crippen LogP contribution in [0.5, 0.6) is 0 Å². The van der Waals surface area contributed by atoms with Gasteiger partial charge in [-0.15, -0.1) is 0 Å². The number of benzene rings is 2. The van der Waals surface area contributed by atoms with Crippen LogP contribution in [0.15, 0.2) is 54.7 Å². The Bertz CT molecular complexity index is 1550. The molecule has 1 spiro atoms. The predicted molar refractivity (Wildman–Crippen MR) is 166 cm³/mol. The first-order valence-electron chi connectivity index (χ1n) is 15.7. The number of likely N-dealkylation sites (tertiary alicyclic amines) is 1. The highest BCUT2D eigenvalue weighted by Gasteiger charge is 2.46. The van der Waals surface area contributed by atoms with Crippen molar-refractivity contribution in [2.45, 2.75) is 69.5 Å². The van der Waals surface area contributed by atoms with Gasteiger partial charge in [0.05, 0.1) is 11.1 Å². The molecule has 2 amide bonds. The fraction of sp³-hybridized carbons (Fsp3) is 0.486. The van der Waals surface area contributed by atoms with E-state index < -0.39 is 0 Å². The van der Waals surface area contributed by atoms with E-state index in [0.717, 1.165) is 82.1 Å². The summed E-state index contributed by atoms with van der Waals surface area (Å²) in [4.78, 5) is 33.5. The quantitative estimate of drug-likeness (QED) is 0.335. The lowest BCUT2D eigenvalue weighted by Gasteiger charge is -2.52. The van der Waals surface area contributed by atoms with Crippen LogP contribution in [0, 0.1) is 11.2 Å². The lowest BCUT2D eigenvalue weighted by Crippen LogP contribution is -2.50. The van der Waals surface area contributed by atoms with Gasteiger partial charge in [0.15, 0.2) is 0 Å². The maximum atomic E-state index is 13.8. The van der Waals surface area contributed by atoms with Gasteiger partial charge in [0.2, 0.25) is 0 Å². The number of hydrogen-bond donors (Lipinski definition) is 0. The topological polar surface area (TPSA) is 48.8 Å². The van der Waals surface area contributed by atoms with Crippen molar-refractivity contribution in [3.05, 3.63) is 93.5 Å². The molecular weight excluding hydrogens is 563 g/mol. The molecule has 1 unspecified atom stereocenters. The van der Waals surface area contributed by atoms with E-state index in [0.29, 0.717) is 17.3 Å². The Morgan fingerprint density at radius 3 is 2.35 bits per heavy atom. The minimum Gasteiger partial charge on any atom is -0.340 e. The van der Waals surface area contributed by atoms with Gasteiger partial charge in [-0.2, -0.15) is 0 Å². The smallest absolute Gasteiger partial charge is 0.272 e. The molecule has 226 valence electrons. The lowest BCUT2D eigenvalue weighted by molar-refractivity contribution is -0.000343. The Kier molecular flexibility index (Phi) is 7.17. The number of nitrogens with zero attached hydrogens (tertiary/aromatic N) is 4. The van der Waals surface area contributed by atoms with E-state index in [-0.39, 0.29) is 34.6 Å². The molecular formula is C35H40ClFN4O2. The zero-order chi connectivity index (χ0) is 29.9. The van der Waals surface area contributed by atoms with Crippen LogP contribution >= 0.6 is 11.6 Å². The van der Waals surface area contributed by atoms with Gasteiger partial charge >= 0.3 is 0 Å². The molecule has 1 aromatic heterocycles. The van der Waals surface area contributed by atoms with Gasteiger partial charge in [-0.05, 0) is 118 Å². The molecule has 1 atom stereocenters. The molecule has 2 aliphatic carbocycles. The Labute approximate surface area is 258 Å². The highest BCUT2D eigenvalue weighted by atomic mass is 35.5. The molecule has 4 aliphatic rings. The summed E-state index contributed by atoms with van der Waals surface area (Å²) in [7, 11) is 4.27. The van der Waals surface area contributed by atoms with Crippen LogP contribution in [-0.2, 0) is 18.5 Å². The second-order valence-corrected chi connectivity index (χ2v) is 13.8. The normalized spacial score (nSPS) is 22.6. The van der Waals surface area contributed by atoms with Crippen LogP contribution in [0.1, 0.15) is 88.5 Å². The highest BCUT2D eigenvalue weighted by Crippen LogP contribution is 2.52. The number of hydrogen-bond acceptors (Lipinski definition) is 3. The van der Waals surface area contributed by atoms with Crippen molar-refractivity contribution in [1.82, 2.24) is 19.3 Å². The summed E-state index contributed by atoms with van der Waals surface area (Å²) in [6.45, 7) is 2.91. The molecule has 2 aliphatic heterocycles. The van der Waals surface area contributed by atoms with Crippen molar-refractivity contribution in [2.24, 2.45) is 5.41 Å². The summed E-state index contributed by atoms with van der Waals surface area (Å²) in [5.74, 6) is -0.126. The number of amides is 2. The van der Waals surface area contributed by atoms with Crippen LogP contribution in [-0.4, -0.2) is 64.8 Å². The zero-order valence-corrected chi connectivity index (χ0v) is 25.9. The molecule has 8 heteroatoms. The van der Waals surface area contributed by atoms with Gasteiger partial charge < -0.3 is 14.4 Å². The molecule has 1 saturated heterocycles. The van der Waals surface area contributed by atoms with E-state index >= 15 is 0 Å². The third-order valence-corrected chi connectivity index (χ3v) is 11.6. The van der Waals surface area contributed by atoms with E-state index in [9.17, 15) is 14.0 Å². The molecule has 0 bridgehead atoms. The summed E-state index contributed by atoms with van der Waals surface area (Å²) in [6, 6.07) is 14.9. The largest absolute Gasteiger partial charge is 0.340 e. The van der Waals surface area contributed by atoms with Crippen molar-refractivity contribution in [2.75, 3.05) is 33.7 Å². The number of piperidine rings is 1. The number of halogens is 2. The van der Waals surface area contributed by atoms with Crippen LogP contribution < -0.4 is 0 Å². The summed E-state index contributed by atoms with van der Waals surface area (Å²) in [5.41, 5.74) is 5.01. The van der Waals surface area contributed by atoms with Crippen LogP contribution in [0.4, 0.5) is 4.39 Å². The zero-order valence-electron chi connectivity index (χ0n) is 25.1. The van der Waals surface area contributed by atoms with E-state index in [4.69, 9.17) is 11.6 Å². The molecule has 7 rings (SSSR count). The molecule has 2 fully saturated rings. The summed E-state index contributed by atoms with van der Waals surface area (Å²) < 4.78 is 15.6. The van der Waals surface area contributed by atoms with Crippen LogP contribution in [0.25, 0.3) is 0 Å². The van der Waals surface area contributed by atoms with Crippen LogP contribution in [0.2, 0.25) is 5.02 Å². The van der Waals surface area contributed by atoms with Gasteiger partial charge in [-0.1, -0.05) is 29.8 Å². The maximum absolute atomic E-state index is 13.8. The minimum atomic E-state index is -0.193. The standard InChI is InChI=1S/C35H40ClFN4O2/c1-38(2)35(26-6-8-27(37)9-7-26)14-12-34(13-15-35)16-19-40(20-17-34)32(42)25-4-3-24-5-10-30(28(24)23-25)41-22-21-39-18-11-29(36)31(39)33(41)43/h3-4,6-9,11,18,23,30H,5,10,12-17,19-22H2,1-2H3. The summed E-state index contributed by atoms with van der Waals surface area (Å²) >= 11 is 6.36. The second kappa shape index (κ2) is 10.8. The SMILES string of the molecule is CN(C)C1(c2ccc(F)cc2)CCC2(CCN(C(=O)c3ccc4c(c3)C(N3CCn5ccc(Cl)c5C3=O)CC4)CC2)CC1. The molecule has 3 heterocycles. The van der Waals surface area contributed by atoms with Crippen LogP contribution in [0.3, 0.4) is 0 Å². The van der Waals surface area contributed by atoms with Gasteiger partial charge in [0.25, 0.3) is 11.8 Å². The predicted octanol–water partition coefficient (Wildman–Crippen LogP) is 6.68. The molecule has 0 radical (unpaired) electrons. The van der Waals surface area contributed by atoms with Gasteiger partial charge in [0, 0.05) is 43.5 Å². The fourth-order valence-corrected chi connectivity index (χ4v) is 8.71. The van der Waals surface area contributed by atoms with Crippen molar-refractivity contribution in [3.63, 3.8) is 0 Å². The van der Waals surface area contributed by atoms with E-state index in [1.165, 1.54) is 11.1 Å². The van der Waals surface area contributed by atoms with E-state index in [1.807, 2.05) is 38.8 Å². The molecule has 2 aromatic carbocycles. The third kappa shape index (κ3) is 4.80. The summed E-state index contributed by atoms with van der Waals surface area (Å²) in [5, 5.41) is 0.501. The van der Waals surface area contributed by atoms with Gasteiger partial charge in [0.1, 0.15) is 11.5 Å². The number of carbonyl (C=O) groups excluding carboxylic acids is 2. The maximum Gasteiger partial charge on any atom is 0.272 e. The molecule has 0 N–H and O–H groups in total. The van der Waals surface area contributed by atoms with Crippen molar-refractivity contribution < 1.29 is 14.0 Å². The Hall–Kier alpha value is -3.16. The van der Waals surface area contributed by atoms with Crippen molar-refractivity contribution >= 4 is 23.4 Å². The first kappa shape index (κ1) is 28.6. The number of rotatable bonds is 4. The van der Waals surface area contributed by atoms with E-state index in [2.05, 4.69) is 31.1 Å². The average molecular weight is 603 g/mol. The molecule has 1 saturated carbocycles. The number of fused-ring (bicyclic) bond motifs is 2. The third-order valence-electron chi connectivity index (χ3n) is 11.3. The first-order valence-corrected chi connectivity index (χ1v) is 16.1. The van der Waals surface area contributed by atoms with Crippen molar-refractivity contribution in [3.8, 4) is 0 Å². The minimum absolute atomic E-state index is 0.0256. The monoisotopic (exact) mass is 602 g/mol. The number of aromatic nitrogens is 1. The number of aryl methyl sites for hydroxylation is 1. The molecule has 3 aromatic rings. The van der Waals surface area contributed by atoms with Gasteiger partial charge in [-0.25, -0.2) is 4.39 Å². The Morgan fingerprint density at radius 2 is 1.65 bits per heavy atom. The Morgan fingerprint density at radius 1 is 0.930 bits per heavy atom. The average Bonchev–Trinajstić information content (AvgIpc) is 3.61. The molecule has 43 heavy (non-hydrogen) atoms. The highest BCUT2D eigenvalue weighted by molar-refractivity contribution is 6.33. The van der Waals surface area contributed by atoms with E-state index in [1.54, 1.807) is 18.2 Å². The molecule has 6 nitrogen and oxygen atoms in total. The summed E-state index contributed by atoms with van der Waals surface area (Å²) in [6.07, 6.45) is 10.00. The fourth-order valence-electron chi connectivity index (χ4n) is 8.46. The Balaban J connectivity index is 1.02.